The van der Waals surface area contributed by atoms with E-state index in [1.54, 1.807) is 0 Å². The van der Waals surface area contributed by atoms with Crippen molar-refractivity contribution in [3.8, 4) is 0 Å². The normalized spacial score (nSPS) is 7.93. The standard InChI is InChI=1S/C5H3Cl3N2.CH2O2.H3N/c6-2-1-10-5(8)3(7)4(2)9;2-1-3;/h1H,(H2,9,10);1H,(H,2,3);1H3. The number of hydrogen-bond donors (Lipinski definition) is 3. The fraction of sp³-hybridized carbons (Fsp3) is 0. The van der Waals surface area contributed by atoms with Crippen molar-refractivity contribution in [2.75, 3.05) is 5.73 Å². The maximum Gasteiger partial charge on any atom is 0.290 e. The second-order valence-corrected chi connectivity index (χ2v) is 2.87. The van der Waals surface area contributed by atoms with E-state index in [9.17, 15) is 0 Å². The summed E-state index contributed by atoms with van der Waals surface area (Å²) in [5.74, 6) is 0. The highest BCUT2D eigenvalue weighted by atomic mass is 35.5. The quantitative estimate of drug-likeness (QED) is 0.490. The number of carbonyl (C=O) groups is 1. The van der Waals surface area contributed by atoms with Crippen LogP contribution >= 0.6 is 34.8 Å². The van der Waals surface area contributed by atoms with E-state index >= 15 is 0 Å². The first-order valence-corrected chi connectivity index (χ1v) is 4.00. The number of aromatic nitrogens is 1. The highest BCUT2D eigenvalue weighted by Gasteiger charge is 2.05. The summed E-state index contributed by atoms with van der Waals surface area (Å²) in [6.07, 6.45) is 1.35. The van der Waals surface area contributed by atoms with Crippen molar-refractivity contribution < 1.29 is 9.90 Å². The Hall–Kier alpha value is -0.750. The smallest absolute Gasteiger partial charge is 0.290 e. The average molecular weight is 261 g/mol. The molecule has 0 atom stereocenters. The Morgan fingerprint density at radius 2 is 1.86 bits per heavy atom. The summed E-state index contributed by atoms with van der Waals surface area (Å²) in [6, 6.07) is 0. The largest absolute Gasteiger partial charge is 0.483 e. The van der Waals surface area contributed by atoms with Gasteiger partial charge >= 0.3 is 0 Å². The van der Waals surface area contributed by atoms with Crippen molar-refractivity contribution in [2.45, 2.75) is 0 Å². The van der Waals surface area contributed by atoms with Gasteiger partial charge in [0.15, 0.2) is 0 Å². The lowest BCUT2D eigenvalue weighted by Gasteiger charge is -1.99. The molecule has 0 radical (unpaired) electrons. The summed E-state index contributed by atoms with van der Waals surface area (Å²) in [6.45, 7) is -0.250. The Balaban J connectivity index is 0. The fourth-order valence-electron chi connectivity index (χ4n) is 0.456. The monoisotopic (exact) mass is 259 g/mol. The third-order valence-electron chi connectivity index (χ3n) is 0.966. The summed E-state index contributed by atoms with van der Waals surface area (Å²) >= 11 is 16.6. The maximum atomic E-state index is 8.36. The molecule has 1 rings (SSSR count). The van der Waals surface area contributed by atoms with Gasteiger partial charge in [0.1, 0.15) is 10.2 Å². The molecule has 0 saturated heterocycles. The van der Waals surface area contributed by atoms with Crippen LogP contribution in [0.3, 0.4) is 0 Å². The first-order valence-electron chi connectivity index (χ1n) is 2.87. The molecule has 1 heterocycles. The Bertz CT molecular complexity index is 282. The second kappa shape index (κ2) is 7.64. The minimum Gasteiger partial charge on any atom is -0.483 e. The molecule has 1 aromatic rings. The van der Waals surface area contributed by atoms with E-state index in [1.165, 1.54) is 6.20 Å². The van der Waals surface area contributed by atoms with Gasteiger partial charge in [-0.2, -0.15) is 0 Å². The Morgan fingerprint density at radius 1 is 1.43 bits per heavy atom. The third kappa shape index (κ3) is 4.48. The molecule has 0 aliphatic carbocycles. The molecule has 80 valence electrons. The number of anilines is 1. The van der Waals surface area contributed by atoms with Crippen molar-refractivity contribution in [2.24, 2.45) is 0 Å². The van der Waals surface area contributed by atoms with Crippen molar-refractivity contribution in [1.29, 1.82) is 0 Å². The molecule has 0 aliphatic heterocycles. The molecular weight excluding hydrogens is 252 g/mol. The third-order valence-corrected chi connectivity index (χ3v) is 2.03. The number of rotatable bonds is 0. The van der Waals surface area contributed by atoms with Gasteiger partial charge in [-0.25, -0.2) is 4.98 Å². The molecule has 0 amide bonds. The van der Waals surface area contributed by atoms with Gasteiger partial charge in [-0.05, 0) is 0 Å². The molecule has 8 heteroatoms. The van der Waals surface area contributed by atoms with Crippen LogP contribution in [0, 0.1) is 0 Å². The first kappa shape index (κ1) is 15.7. The predicted molar refractivity (Wildman–Crippen MR) is 57.4 cm³/mol. The lowest BCUT2D eigenvalue weighted by Crippen LogP contribution is -1.89. The van der Waals surface area contributed by atoms with Gasteiger partial charge in [0.05, 0.1) is 10.7 Å². The van der Waals surface area contributed by atoms with Crippen LogP contribution in [0.5, 0.6) is 0 Å². The Morgan fingerprint density at radius 3 is 2.21 bits per heavy atom. The van der Waals surface area contributed by atoms with Crippen molar-refractivity contribution in [3.63, 3.8) is 0 Å². The molecule has 0 spiro atoms. The van der Waals surface area contributed by atoms with Crippen LogP contribution in [0.15, 0.2) is 6.20 Å². The summed E-state index contributed by atoms with van der Waals surface area (Å²) in [4.78, 5) is 12.0. The van der Waals surface area contributed by atoms with Crippen LogP contribution in [0.25, 0.3) is 0 Å². The van der Waals surface area contributed by atoms with Crippen LogP contribution in [0.4, 0.5) is 5.69 Å². The number of carboxylic acid groups (broad SMARTS) is 1. The van der Waals surface area contributed by atoms with Gasteiger partial charge < -0.3 is 17.0 Å². The van der Waals surface area contributed by atoms with E-state index in [-0.39, 0.29) is 28.5 Å². The van der Waals surface area contributed by atoms with E-state index in [1.807, 2.05) is 0 Å². The van der Waals surface area contributed by atoms with E-state index in [0.717, 1.165) is 0 Å². The molecule has 0 aliphatic rings. The molecule has 0 unspecified atom stereocenters. The van der Waals surface area contributed by atoms with Crippen LogP contribution in [-0.4, -0.2) is 16.6 Å². The number of nitrogen functional groups attached to an aromatic ring is 1. The number of halogens is 3. The van der Waals surface area contributed by atoms with Crippen LogP contribution < -0.4 is 11.9 Å². The van der Waals surface area contributed by atoms with Crippen molar-refractivity contribution >= 4 is 47.0 Å². The zero-order valence-electron chi connectivity index (χ0n) is 6.88. The molecule has 0 bridgehead atoms. The van der Waals surface area contributed by atoms with E-state index < -0.39 is 0 Å². The zero-order valence-corrected chi connectivity index (χ0v) is 9.14. The molecule has 0 fully saturated rings. The van der Waals surface area contributed by atoms with Gasteiger partial charge in [0, 0.05) is 6.20 Å². The summed E-state index contributed by atoms with van der Waals surface area (Å²) in [5, 5.41) is 7.58. The minimum atomic E-state index is -0.250. The highest BCUT2D eigenvalue weighted by molar-refractivity contribution is 6.45. The highest BCUT2D eigenvalue weighted by Crippen LogP contribution is 2.30. The summed E-state index contributed by atoms with van der Waals surface area (Å²) in [7, 11) is 0. The molecule has 0 saturated carbocycles. The predicted octanol–water partition coefficient (Wildman–Crippen LogP) is 2.49. The van der Waals surface area contributed by atoms with Gasteiger partial charge in [-0.3, -0.25) is 4.79 Å². The number of pyridine rings is 1. The first-order chi connectivity index (χ1) is 6.04. The average Bonchev–Trinajstić information content (AvgIpc) is 2.10. The van der Waals surface area contributed by atoms with E-state index in [2.05, 4.69) is 4.98 Å². The maximum absolute atomic E-state index is 8.36. The van der Waals surface area contributed by atoms with E-state index in [4.69, 9.17) is 50.4 Å². The lowest BCUT2D eigenvalue weighted by atomic mass is 10.4. The number of nitrogens with zero attached hydrogens (tertiary/aromatic N) is 1. The molecule has 5 nitrogen and oxygen atoms in total. The molecule has 6 N–H and O–H groups in total. The minimum absolute atomic E-state index is 0. The van der Waals surface area contributed by atoms with Crippen LogP contribution in [0.2, 0.25) is 15.2 Å². The molecule has 0 aromatic carbocycles. The fourth-order valence-corrected chi connectivity index (χ4v) is 0.948. The van der Waals surface area contributed by atoms with Gasteiger partial charge in [0.2, 0.25) is 0 Å². The zero-order chi connectivity index (χ0) is 10.4. The Kier molecular flexibility index (Phi) is 8.57. The lowest BCUT2D eigenvalue weighted by molar-refractivity contribution is -0.122. The molecular formula is C6H8Cl3N3O2. The van der Waals surface area contributed by atoms with Crippen LogP contribution in [0.1, 0.15) is 0 Å². The molecule has 14 heavy (non-hydrogen) atoms. The summed E-state index contributed by atoms with van der Waals surface area (Å²) in [5.41, 5.74) is 5.66. The van der Waals surface area contributed by atoms with Crippen molar-refractivity contribution in [1.82, 2.24) is 11.1 Å². The molecule has 1 aromatic heterocycles. The van der Waals surface area contributed by atoms with Crippen LogP contribution in [-0.2, 0) is 4.79 Å². The summed E-state index contributed by atoms with van der Waals surface area (Å²) < 4.78 is 0. The van der Waals surface area contributed by atoms with Gasteiger partial charge in [-0.1, -0.05) is 34.8 Å². The number of hydrogen-bond acceptors (Lipinski definition) is 4. The van der Waals surface area contributed by atoms with Gasteiger partial charge in [-0.15, -0.1) is 0 Å². The van der Waals surface area contributed by atoms with E-state index in [0.29, 0.717) is 5.02 Å². The van der Waals surface area contributed by atoms with Crippen molar-refractivity contribution in [3.05, 3.63) is 21.4 Å². The number of nitrogens with two attached hydrogens (primary N) is 1. The topological polar surface area (TPSA) is 111 Å². The van der Waals surface area contributed by atoms with Gasteiger partial charge in [0.25, 0.3) is 6.47 Å². The second-order valence-electron chi connectivity index (χ2n) is 1.73. The SMILES string of the molecule is N.Nc1c(Cl)cnc(Cl)c1Cl.O=CO. The Labute approximate surface area is 95.4 Å².